The molecular weight excluding hydrogens is 277 g/mol. The molecule has 0 aliphatic carbocycles. The van der Waals surface area contributed by atoms with Gasteiger partial charge in [0.2, 0.25) is 10.0 Å². The molecule has 0 aromatic heterocycles. The molecule has 18 heavy (non-hydrogen) atoms. The highest BCUT2D eigenvalue weighted by atomic mass is 35.5. The Labute approximate surface area is 112 Å². The van der Waals surface area contributed by atoms with E-state index in [1.807, 2.05) is 0 Å². The number of nitrogens with one attached hydrogen (secondary N) is 1. The third kappa shape index (κ3) is 3.43. The van der Waals surface area contributed by atoms with Crippen molar-refractivity contribution in [2.45, 2.75) is 38.5 Å². The van der Waals surface area contributed by atoms with Crippen LogP contribution in [0.15, 0.2) is 18.2 Å². The Kier molecular flexibility index (Phi) is 4.41. The van der Waals surface area contributed by atoms with E-state index in [9.17, 15) is 12.8 Å². The SMILES string of the molecule is C[C@H](NS(=O)(=O)C(C)(C)C)c1cc(Cl)ccc1F. The lowest BCUT2D eigenvalue weighted by molar-refractivity contribution is 0.523. The second kappa shape index (κ2) is 5.15. The molecule has 1 rings (SSSR count). The van der Waals surface area contributed by atoms with Gasteiger partial charge in [0.15, 0.2) is 0 Å². The van der Waals surface area contributed by atoms with Gasteiger partial charge in [-0.25, -0.2) is 17.5 Å². The number of sulfonamides is 1. The first-order valence-electron chi connectivity index (χ1n) is 5.51. The molecule has 0 saturated carbocycles. The minimum absolute atomic E-state index is 0.232. The summed E-state index contributed by atoms with van der Waals surface area (Å²) in [5.74, 6) is -0.483. The van der Waals surface area contributed by atoms with E-state index in [-0.39, 0.29) is 5.56 Å². The van der Waals surface area contributed by atoms with Gasteiger partial charge in [-0.15, -0.1) is 0 Å². The molecule has 1 atom stereocenters. The van der Waals surface area contributed by atoms with E-state index in [1.54, 1.807) is 27.7 Å². The summed E-state index contributed by atoms with van der Waals surface area (Å²) in [6.07, 6.45) is 0. The Morgan fingerprint density at radius 2 is 1.89 bits per heavy atom. The third-order valence-corrected chi connectivity index (χ3v) is 5.07. The minimum Gasteiger partial charge on any atom is -0.212 e. The van der Waals surface area contributed by atoms with E-state index in [0.29, 0.717) is 5.02 Å². The zero-order valence-corrected chi connectivity index (χ0v) is 12.4. The zero-order chi connectivity index (χ0) is 14.1. The summed E-state index contributed by atoms with van der Waals surface area (Å²) in [6.45, 7) is 6.32. The molecule has 1 aromatic carbocycles. The minimum atomic E-state index is -3.53. The van der Waals surface area contributed by atoms with Crippen LogP contribution >= 0.6 is 11.6 Å². The molecule has 0 aliphatic rings. The lowest BCUT2D eigenvalue weighted by atomic mass is 10.1. The average Bonchev–Trinajstić information content (AvgIpc) is 2.19. The van der Waals surface area contributed by atoms with Crippen molar-refractivity contribution >= 4 is 21.6 Å². The second-order valence-corrected chi connectivity index (χ2v) is 8.02. The van der Waals surface area contributed by atoms with E-state index >= 15 is 0 Å². The summed E-state index contributed by atoms with van der Waals surface area (Å²) in [6, 6.07) is 3.39. The molecule has 0 unspecified atom stereocenters. The van der Waals surface area contributed by atoms with Crippen molar-refractivity contribution < 1.29 is 12.8 Å². The molecule has 0 heterocycles. The molecule has 0 saturated heterocycles. The van der Waals surface area contributed by atoms with Gasteiger partial charge in [-0.1, -0.05) is 11.6 Å². The first-order chi connectivity index (χ1) is 8.04. The van der Waals surface area contributed by atoms with Crippen LogP contribution in [0.3, 0.4) is 0 Å². The molecule has 3 nitrogen and oxygen atoms in total. The summed E-state index contributed by atoms with van der Waals surface area (Å²) < 4.78 is 39.0. The highest BCUT2D eigenvalue weighted by molar-refractivity contribution is 7.90. The fourth-order valence-electron chi connectivity index (χ4n) is 1.32. The van der Waals surface area contributed by atoms with Gasteiger partial charge in [0.05, 0.1) is 4.75 Å². The smallest absolute Gasteiger partial charge is 0.212 e. The highest BCUT2D eigenvalue weighted by Gasteiger charge is 2.31. The number of halogens is 2. The van der Waals surface area contributed by atoms with E-state index in [4.69, 9.17) is 11.6 Å². The van der Waals surface area contributed by atoms with Crippen LogP contribution in [0.1, 0.15) is 39.3 Å². The lowest BCUT2D eigenvalue weighted by Gasteiger charge is -2.23. The standard InChI is InChI=1S/C12H17ClFNO2S/c1-8(15-18(16,17)12(2,3)4)10-7-9(13)5-6-11(10)14/h5-8,15H,1-4H3/t8-/m0/s1. The molecule has 1 aromatic rings. The van der Waals surface area contributed by atoms with Crippen LogP contribution in [-0.4, -0.2) is 13.2 Å². The molecule has 0 fully saturated rings. The first-order valence-corrected chi connectivity index (χ1v) is 7.37. The molecule has 0 aliphatic heterocycles. The van der Waals surface area contributed by atoms with Crippen LogP contribution in [0.2, 0.25) is 5.02 Å². The van der Waals surface area contributed by atoms with Gasteiger partial charge < -0.3 is 0 Å². The van der Waals surface area contributed by atoms with E-state index in [0.717, 1.165) is 0 Å². The van der Waals surface area contributed by atoms with Crippen molar-refractivity contribution in [3.63, 3.8) is 0 Å². The molecule has 0 bridgehead atoms. The zero-order valence-electron chi connectivity index (χ0n) is 10.8. The molecule has 1 N–H and O–H groups in total. The topological polar surface area (TPSA) is 46.2 Å². The summed E-state index contributed by atoms with van der Waals surface area (Å²) in [5.41, 5.74) is 0.232. The molecule has 0 spiro atoms. The van der Waals surface area contributed by atoms with Gasteiger partial charge >= 0.3 is 0 Å². The maximum absolute atomic E-state index is 13.6. The third-order valence-electron chi connectivity index (χ3n) is 2.56. The van der Waals surface area contributed by atoms with E-state index in [1.165, 1.54) is 18.2 Å². The van der Waals surface area contributed by atoms with Gasteiger partial charge in [-0.2, -0.15) is 0 Å². The Hall–Kier alpha value is -0.650. The van der Waals surface area contributed by atoms with Crippen LogP contribution in [0.4, 0.5) is 4.39 Å². The fourth-order valence-corrected chi connectivity index (χ4v) is 2.45. The second-order valence-electron chi connectivity index (χ2n) is 5.12. The van der Waals surface area contributed by atoms with Crippen molar-refractivity contribution in [3.8, 4) is 0 Å². The van der Waals surface area contributed by atoms with Gasteiger partial charge in [0, 0.05) is 16.6 Å². The quantitative estimate of drug-likeness (QED) is 0.930. The van der Waals surface area contributed by atoms with E-state index in [2.05, 4.69) is 4.72 Å². The number of hydrogen-bond acceptors (Lipinski definition) is 2. The van der Waals surface area contributed by atoms with Crippen LogP contribution < -0.4 is 4.72 Å². The molecule has 0 radical (unpaired) electrons. The number of hydrogen-bond donors (Lipinski definition) is 1. The Balaban J connectivity index is 3.03. The molecule has 6 heteroatoms. The van der Waals surface area contributed by atoms with Crippen molar-refractivity contribution in [1.82, 2.24) is 4.72 Å². The number of benzene rings is 1. The van der Waals surface area contributed by atoms with Crippen LogP contribution in [0.5, 0.6) is 0 Å². The monoisotopic (exact) mass is 293 g/mol. The Morgan fingerprint density at radius 3 is 2.39 bits per heavy atom. The number of rotatable bonds is 3. The first kappa shape index (κ1) is 15.4. The maximum Gasteiger partial charge on any atom is 0.217 e. The van der Waals surface area contributed by atoms with Gasteiger partial charge in [-0.3, -0.25) is 0 Å². The van der Waals surface area contributed by atoms with Crippen LogP contribution in [-0.2, 0) is 10.0 Å². The van der Waals surface area contributed by atoms with Crippen molar-refractivity contribution in [1.29, 1.82) is 0 Å². The molecular formula is C12H17ClFNO2S. The van der Waals surface area contributed by atoms with Crippen molar-refractivity contribution in [2.24, 2.45) is 0 Å². The van der Waals surface area contributed by atoms with E-state index < -0.39 is 26.6 Å². The summed E-state index contributed by atoms with van der Waals surface area (Å²) in [5, 5.41) is 0.369. The Morgan fingerprint density at radius 1 is 1.33 bits per heavy atom. The van der Waals surface area contributed by atoms with Crippen LogP contribution in [0, 0.1) is 5.82 Å². The normalized spacial score (nSPS) is 14.6. The average molecular weight is 294 g/mol. The fraction of sp³-hybridized carbons (Fsp3) is 0.500. The van der Waals surface area contributed by atoms with Gasteiger partial charge in [-0.05, 0) is 45.9 Å². The maximum atomic E-state index is 13.6. The largest absolute Gasteiger partial charge is 0.217 e. The van der Waals surface area contributed by atoms with Gasteiger partial charge in [0.25, 0.3) is 0 Å². The summed E-state index contributed by atoms with van der Waals surface area (Å²) in [4.78, 5) is 0. The predicted molar refractivity (Wildman–Crippen MR) is 71.6 cm³/mol. The summed E-state index contributed by atoms with van der Waals surface area (Å²) in [7, 11) is -3.53. The van der Waals surface area contributed by atoms with Crippen LogP contribution in [0.25, 0.3) is 0 Å². The molecule has 0 amide bonds. The Bertz CT molecular complexity index is 537. The highest BCUT2D eigenvalue weighted by Crippen LogP contribution is 2.24. The summed E-state index contributed by atoms with van der Waals surface area (Å²) >= 11 is 5.78. The molecule has 102 valence electrons. The van der Waals surface area contributed by atoms with Crippen molar-refractivity contribution in [2.75, 3.05) is 0 Å². The van der Waals surface area contributed by atoms with Crippen molar-refractivity contribution in [3.05, 3.63) is 34.6 Å². The lowest BCUT2D eigenvalue weighted by Crippen LogP contribution is -2.40. The van der Waals surface area contributed by atoms with Gasteiger partial charge in [0.1, 0.15) is 5.82 Å². The predicted octanol–water partition coefficient (Wildman–Crippen LogP) is 3.26.